The Labute approximate surface area is 372 Å². The number of rotatable bonds is 47. The molecule has 0 saturated heterocycles. The minimum Gasteiger partial charge on any atom is -0.466 e. The molecule has 3 N–H and O–H groups in total. The number of allylic oxidation sites excluding steroid dienone is 8. The van der Waals surface area contributed by atoms with Crippen LogP contribution in [0.2, 0.25) is 0 Å². The van der Waals surface area contributed by atoms with E-state index in [0.717, 1.165) is 64.2 Å². The number of ether oxygens (including phenoxy) is 1. The van der Waals surface area contributed by atoms with Gasteiger partial charge in [0.15, 0.2) is 0 Å². The summed E-state index contributed by atoms with van der Waals surface area (Å²) in [5.74, 6) is -0.149. The third-order valence-electron chi connectivity index (χ3n) is 11.6. The van der Waals surface area contributed by atoms with Crippen molar-refractivity contribution in [2.75, 3.05) is 13.2 Å². The lowest BCUT2D eigenvalue weighted by atomic mass is 10.0. The monoisotopic (exact) mass is 842 g/mol. The number of aliphatic hydroxyl groups excluding tert-OH is 2. The van der Waals surface area contributed by atoms with Crippen molar-refractivity contribution in [3.63, 3.8) is 0 Å². The fourth-order valence-corrected chi connectivity index (χ4v) is 7.61. The topological polar surface area (TPSA) is 95.9 Å². The second kappa shape index (κ2) is 49.5. The zero-order valence-electron chi connectivity index (χ0n) is 39.7. The molecule has 2 atom stereocenters. The van der Waals surface area contributed by atoms with Gasteiger partial charge in [0.1, 0.15) is 0 Å². The van der Waals surface area contributed by atoms with Gasteiger partial charge in [0.2, 0.25) is 5.91 Å². The van der Waals surface area contributed by atoms with Crippen LogP contribution in [0, 0.1) is 0 Å². The van der Waals surface area contributed by atoms with E-state index in [2.05, 4.69) is 61.7 Å². The first kappa shape index (κ1) is 57.8. The molecule has 0 rings (SSSR count). The fourth-order valence-electron chi connectivity index (χ4n) is 7.61. The Morgan fingerprint density at radius 3 is 1.37 bits per heavy atom. The van der Waals surface area contributed by atoms with Crippen LogP contribution in [0.3, 0.4) is 0 Å². The van der Waals surface area contributed by atoms with Crippen molar-refractivity contribution in [3.05, 3.63) is 48.6 Å². The summed E-state index contributed by atoms with van der Waals surface area (Å²) in [4.78, 5) is 24.4. The molecule has 0 aliphatic heterocycles. The number of nitrogens with one attached hydrogen (secondary N) is 1. The molecule has 6 nitrogen and oxygen atoms in total. The molecule has 0 aromatic rings. The molecule has 0 aromatic heterocycles. The first-order valence-electron chi connectivity index (χ1n) is 25.9. The van der Waals surface area contributed by atoms with Crippen LogP contribution in [-0.4, -0.2) is 47.4 Å². The number of hydrogen-bond donors (Lipinski definition) is 3. The van der Waals surface area contributed by atoms with Gasteiger partial charge in [-0.3, -0.25) is 9.59 Å². The lowest BCUT2D eigenvalue weighted by Crippen LogP contribution is -2.45. The van der Waals surface area contributed by atoms with Gasteiger partial charge in [0.05, 0.1) is 25.4 Å². The van der Waals surface area contributed by atoms with Gasteiger partial charge in [-0.25, -0.2) is 0 Å². The van der Waals surface area contributed by atoms with Crippen molar-refractivity contribution in [1.82, 2.24) is 5.32 Å². The number of carbonyl (C=O) groups excluding carboxylic acids is 2. The van der Waals surface area contributed by atoms with E-state index in [1.54, 1.807) is 0 Å². The number of unbranched alkanes of at least 4 members (excludes halogenated alkanes) is 28. The zero-order chi connectivity index (χ0) is 43.7. The predicted octanol–water partition coefficient (Wildman–Crippen LogP) is 15.5. The quantitative estimate of drug-likeness (QED) is 0.0322. The summed E-state index contributed by atoms with van der Waals surface area (Å²) in [6.07, 6.45) is 60.9. The summed E-state index contributed by atoms with van der Waals surface area (Å²) in [7, 11) is 0. The van der Waals surface area contributed by atoms with Crippen molar-refractivity contribution < 1.29 is 24.5 Å². The van der Waals surface area contributed by atoms with Crippen LogP contribution in [0.1, 0.15) is 258 Å². The molecule has 0 fully saturated rings. The molecule has 0 bridgehead atoms. The fraction of sp³-hybridized carbons (Fsp3) is 0.815. The molecule has 0 radical (unpaired) electrons. The molecule has 0 aromatic carbocycles. The third kappa shape index (κ3) is 45.3. The van der Waals surface area contributed by atoms with Crippen molar-refractivity contribution in [1.29, 1.82) is 0 Å². The summed E-state index contributed by atoms with van der Waals surface area (Å²) >= 11 is 0. The maximum Gasteiger partial charge on any atom is 0.305 e. The smallest absolute Gasteiger partial charge is 0.305 e. The van der Waals surface area contributed by atoms with E-state index in [0.29, 0.717) is 32.3 Å². The van der Waals surface area contributed by atoms with Crippen LogP contribution >= 0.6 is 0 Å². The SMILES string of the molecule is CCC/C=C\C/C=C\CCCCCCCC(=O)OCCCCCCCC/C=C\C/C=C\CCC(=O)NC(CO)C(O)CCCCCCCCCCCCCCCCCCC. The van der Waals surface area contributed by atoms with E-state index in [4.69, 9.17) is 4.74 Å². The molecule has 60 heavy (non-hydrogen) atoms. The van der Waals surface area contributed by atoms with Gasteiger partial charge < -0.3 is 20.3 Å². The van der Waals surface area contributed by atoms with E-state index < -0.39 is 12.1 Å². The molecule has 0 spiro atoms. The van der Waals surface area contributed by atoms with Gasteiger partial charge in [-0.1, -0.05) is 223 Å². The lowest BCUT2D eigenvalue weighted by Gasteiger charge is -2.22. The summed E-state index contributed by atoms with van der Waals surface area (Å²) in [6.45, 7) is 4.81. The highest BCUT2D eigenvalue weighted by atomic mass is 16.5. The molecule has 6 heteroatoms. The highest BCUT2D eigenvalue weighted by molar-refractivity contribution is 5.76. The molecule has 0 aliphatic rings. The summed E-state index contributed by atoms with van der Waals surface area (Å²) < 4.78 is 5.43. The first-order chi connectivity index (χ1) is 29.5. The average Bonchev–Trinajstić information content (AvgIpc) is 3.25. The van der Waals surface area contributed by atoms with Crippen molar-refractivity contribution in [2.24, 2.45) is 0 Å². The molecule has 2 unspecified atom stereocenters. The predicted molar refractivity (Wildman–Crippen MR) is 259 cm³/mol. The average molecular weight is 842 g/mol. The Kier molecular flexibility index (Phi) is 47.7. The standard InChI is InChI=1S/C54H99NO5/c1-3-5-7-9-11-13-15-17-18-19-20-23-26-30-34-38-42-46-52(57)51(50-56)55-53(58)47-43-39-35-31-27-24-21-25-29-33-37-41-45-49-60-54(59)48-44-40-36-32-28-22-16-14-12-10-8-6-4-2/h8,10,14,16,24,27,35,39,51-52,56-57H,3-7,9,11-13,15,17-23,25-26,28-34,36-38,40-50H2,1-2H3,(H,55,58)/b10-8-,16-14-,27-24-,39-35-. The van der Waals surface area contributed by atoms with E-state index >= 15 is 0 Å². The second-order valence-electron chi connectivity index (χ2n) is 17.5. The van der Waals surface area contributed by atoms with Gasteiger partial charge in [0, 0.05) is 12.8 Å². The van der Waals surface area contributed by atoms with Gasteiger partial charge in [0.25, 0.3) is 0 Å². The molecule has 0 saturated carbocycles. The lowest BCUT2D eigenvalue weighted by molar-refractivity contribution is -0.143. The normalized spacial score (nSPS) is 13.1. The molecular formula is C54H99NO5. The van der Waals surface area contributed by atoms with E-state index in [1.165, 1.54) is 154 Å². The van der Waals surface area contributed by atoms with Gasteiger partial charge in [-0.15, -0.1) is 0 Å². The molecule has 1 amide bonds. The van der Waals surface area contributed by atoms with Crippen LogP contribution in [0.5, 0.6) is 0 Å². The maximum absolute atomic E-state index is 12.4. The Bertz CT molecular complexity index is 1020. The van der Waals surface area contributed by atoms with E-state index in [-0.39, 0.29) is 18.5 Å². The van der Waals surface area contributed by atoms with E-state index in [9.17, 15) is 19.8 Å². The summed E-state index contributed by atoms with van der Waals surface area (Å²) in [5.41, 5.74) is 0. The Hall–Kier alpha value is -2.18. The van der Waals surface area contributed by atoms with Crippen LogP contribution in [0.15, 0.2) is 48.6 Å². The van der Waals surface area contributed by atoms with Crippen LogP contribution in [-0.2, 0) is 14.3 Å². The molecule has 350 valence electrons. The Balaban J connectivity index is 3.57. The van der Waals surface area contributed by atoms with Crippen molar-refractivity contribution in [3.8, 4) is 0 Å². The van der Waals surface area contributed by atoms with Gasteiger partial charge >= 0.3 is 5.97 Å². The summed E-state index contributed by atoms with van der Waals surface area (Å²) in [6, 6.07) is -0.587. The minimum atomic E-state index is -0.700. The Morgan fingerprint density at radius 1 is 0.467 bits per heavy atom. The highest BCUT2D eigenvalue weighted by Gasteiger charge is 2.19. The number of carbonyl (C=O) groups is 2. The third-order valence-corrected chi connectivity index (χ3v) is 11.6. The molecular weight excluding hydrogens is 743 g/mol. The Morgan fingerprint density at radius 2 is 0.883 bits per heavy atom. The van der Waals surface area contributed by atoms with Gasteiger partial charge in [-0.05, 0) is 70.6 Å². The number of esters is 1. The van der Waals surface area contributed by atoms with Crippen molar-refractivity contribution >= 4 is 11.9 Å². The van der Waals surface area contributed by atoms with Gasteiger partial charge in [-0.2, -0.15) is 0 Å². The van der Waals surface area contributed by atoms with Crippen LogP contribution < -0.4 is 5.32 Å². The van der Waals surface area contributed by atoms with Crippen LogP contribution in [0.25, 0.3) is 0 Å². The first-order valence-corrected chi connectivity index (χ1v) is 25.9. The van der Waals surface area contributed by atoms with Crippen molar-refractivity contribution in [2.45, 2.75) is 270 Å². The molecule has 0 heterocycles. The largest absolute Gasteiger partial charge is 0.466 e. The molecule has 0 aliphatic carbocycles. The van der Waals surface area contributed by atoms with Crippen LogP contribution in [0.4, 0.5) is 0 Å². The number of hydrogen-bond acceptors (Lipinski definition) is 5. The highest BCUT2D eigenvalue weighted by Crippen LogP contribution is 2.16. The maximum atomic E-state index is 12.4. The second-order valence-corrected chi connectivity index (χ2v) is 17.5. The minimum absolute atomic E-state index is 0.0329. The number of aliphatic hydroxyl groups is 2. The zero-order valence-corrected chi connectivity index (χ0v) is 39.7. The van der Waals surface area contributed by atoms with E-state index in [1.807, 2.05) is 6.08 Å². The summed E-state index contributed by atoms with van der Waals surface area (Å²) in [5, 5.41) is 23.2. The number of amides is 1.